The summed E-state index contributed by atoms with van der Waals surface area (Å²) in [6.07, 6.45) is 3.59. The fourth-order valence-corrected chi connectivity index (χ4v) is 2.40. The lowest BCUT2D eigenvalue weighted by Gasteiger charge is -2.37. The van der Waals surface area contributed by atoms with Crippen LogP contribution in [0.3, 0.4) is 0 Å². The topological polar surface area (TPSA) is 85.2 Å². The Hall–Kier alpha value is -1.62. The highest BCUT2D eigenvalue weighted by Crippen LogP contribution is 2.26. The van der Waals surface area contributed by atoms with E-state index in [1.54, 1.807) is 6.20 Å². The molecule has 2 rings (SSSR count). The number of hydrogen-bond donors (Lipinski definition) is 2. The molecule has 18 heavy (non-hydrogen) atoms. The molecule has 1 aromatic heterocycles. The SMILES string of the molecule is CC1CCC(C(N)=O)CN1c1cc(CN)ccn1. The van der Waals surface area contributed by atoms with Gasteiger partial charge in [-0.2, -0.15) is 0 Å². The van der Waals surface area contributed by atoms with Crippen molar-refractivity contribution >= 4 is 11.7 Å². The summed E-state index contributed by atoms with van der Waals surface area (Å²) in [7, 11) is 0. The highest BCUT2D eigenvalue weighted by Gasteiger charge is 2.29. The van der Waals surface area contributed by atoms with Gasteiger partial charge in [0.2, 0.25) is 5.91 Å². The molecule has 1 fully saturated rings. The molecule has 2 unspecified atom stereocenters. The molecule has 1 aliphatic rings. The monoisotopic (exact) mass is 248 g/mol. The lowest BCUT2D eigenvalue weighted by atomic mass is 9.93. The van der Waals surface area contributed by atoms with Crippen LogP contribution < -0.4 is 16.4 Å². The summed E-state index contributed by atoms with van der Waals surface area (Å²) in [6, 6.07) is 4.27. The van der Waals surface area contributed by atoms with E-state index in [1.165, 1.54) is 0 Å². The van der Waals surface area contributed by atoms with Crippen molar-refractivity contribution in [2.24, 2.45) is 17.4 Å². The minimum Gasteiger partial charge on any atom is -0.369 e. The number of hydrogen-bond acceptors (Lipinski definition) is 4. The Kier molecular flexibility index (Phi) is 3.81. The second-order valence-electron chi connectivity index (χ2n) is 4.90. The van der Waals surface area contributed by atoms with Gasteiger partial charge in [-0.15, -0.1) is 0 Å². The maximum Gasteiger partial charge on any atom is 0.222 e. The van der Waals surface area contributed by atoms with Gasteiger partial charge in [0.1, 0.15) is 5.82 Å². The quantitative estimate of drug-likeness (QED) is 0.821. The minimum atomic E-state index is -0.220. The van der Waals surface area contributed by atoms with Crippen LogP contribution in [0.5, 0.6) is 0 Å². The van der Waals surface area contributed by atoms with Gasteiger partial charge < -0.3 is 16.4 Å². The van der Waals surface area contributed by atoms with Gasteiger partial charge in [0, 0.05) is 25.3 Å². The highest BCUT2D eigenvalue weighted by atomic mass is 16.1. The first-order valence-electron chi connectivity index (χ1n) is 6.32. The van der Waals surface area contributed by atoms with Crippen LogP contribution in [0.2, 0.25) is 0 Å². The third-order valence-electron chi connectivity index (χ3n) is 3.62. The smallest absolute Gasteiger partial charge is 0.222 e. The molecule has 1 amide bonds. The van der Waals surface area contributed by atoms with Crippen molar-refractivity contribution in [1.82, 2.24) is 4.98 Å². The molecular weight excluding hydrogens is 228 g/mol. The van der Waals surface area contributed by atoms with Gasteiger partial charge in [0.15, 0.2) is 0 Å². The molecule has 5 nitrogen and oxygen atoms in total. The first-order chi connectivity index (χ1) is 8.61. The Balaban J connectivity index is 2.21. The number of nitrogens with zero attached hydrogens (tertiary/aromatic N) is 2. The second-order valence-corrected chi connectivity index (χ2v) is 4.90. The Morgan fingerprint density at radius 2 is 2.33 bits per heavy atom. The molecule has 0 spiro atoms. The molecule has 98 valence electrons. The van der Waals surface area contributed by atoms with Crippen molar-refractivity contribution in [3.8, 4) is 0 Å². The average Bonchev–Trinajstić information content (AvgIpc) is 2.39. The number of rotatable bonds is 3. The molecule has 0 bridgehead atoms. The molecule has 1 saturated heterocycles. The van der Waals surface area contributed by atoms with Crippen LogP contribution in [0.1, 0.15) is 25.3 Å². The Bertz CT molecular complexity index is 435. The van der Waals surface area contributed by atoms with Gasteiger partial charge in [-0.3, -0.25) is 4.79 Å². The third-order valence-corrected chi connectivity index (χ3v) is 3.62. The first-order valence-corrected chi connectivity index (χ1v) is 6.32. The summed E-state index contributed by atoms with van der Waals surface area (Å²) in [5.41, 5.74) is 12.1. The molecule has 0 saturated carbocycles. The standard InChI is InChI=1S/C13H20N4O/c1-9-2-3-11(13(15)18)8-17(9)12-6-10(7-14)4-5-16-12/h4-6,9,11H,2-3,7-8,14H2,1H3,(H2,15,18). The fraction of sp³-hybridized carbons (Fsp3) is 0.538. The van der Waals surface area contributed by atoms with E-state index in [0.717, 1.165) is 24.2 Å². The van der Waals surface area contributed by atoms with E-state index >= 15 is 0 Å². The van der Waals surface area contributed by atoms with E-state index in [9.17, 15) is 4.79 Å². The maximum absolute atomic E-state index is 11.3. The molecule has 4 N–H and O–H groups in total. The zero-order valence-corrected chi connectivity index (χ0v) is 10.7. The van der Waals surface area contributed by atoms with Crippen molar-refractivity contribution < 1.29 is 4.79 Å². The van der Waals surface area contributed by atoms with E-state index < -0.39 is 0 Å². The van der Waals surface area contributed by atoms with Crippen LogP contribution >= 0.6 is 0 Å². The third kappa shape index (κ3) is 2.61. The van der Waals surface area contributed by atoms with E-state index in [4.69, 9.17) is 11.5 Å². The summed E-state index contributed by atoms with van der Waals surface area (Å²) in [5, 5.41) is 0. The molecule has 0 radical (unpaired) electrons. The Morgan fingerprint density at radius 1 is 1.56 bits per heavy atom. The Morgan fingerprint density at radius 3 is 3.00 bits per heavy atom. The van der Waals surface area contributed by atoms with Crippen molar-refractivity contribution in [2.75, 3.05) is 11.4 Å². The lowest BCUT2D eigenvalue weighted by molar-refractivity contribution is -0.122. The number of pyridine rings is 1. The van der Waals surface area contributed by atoms with E-state index in [2.05, 4.69) is 16.8 Å². The number of amides is 1. The van der Waals surface area contributed by atoms with Gasteiger partial charge in [-0.25, -0.2) is 4.98 Å². The summed E-state index contributed by atoms with van der Waals surface area (Å²) >= 11 is 0. The summed E-state index contributed by atoms with van der Waals surface area (Å²) < 4.78 is 0. The molecule has 1 aromatic rings. The minimum absolute atomic E-state index is 0.0791. The Labute approximate surface area is 107 Å². The number of aromatic nitrogens is 1. The van der Waals surface area contributed by atoms with Crippen LogP contribution in [0.15, 0.2) is 18.3 Å². The van der Waals surface area contributed by atoms with Gasteiger partial charge >= 0.3 is 0 Å². The van der Waals surface area contributed by atoms with Gasteiger partial charge in [0.05, 0.1) is 5.92 Å². The fourth-order valence-electron chi connectivity index (χ4n) is 2.40. The van der Waals surface area contributed by atoms with Crippen molar-refractivity contribution in [2.45, 2.75) is 32.4 Å². The molecular formula is C13H20N4O. The van der Waals surface area contributed by atoms with Crippen LogP contribution in [-0.4, -0.2) is 23.5 Å². The first kappa shape index (κ1) is 12.8. The van der Waals surface area contributed by atoms with Crippen molar-refractivity contribution in [3.63, 3.8) is 0 Å². The molecule has 5 heteroatoms. The number of anilines is 1. The van der Waals surface area contributed by atoms with Gasteiger partial charge in [0.25, 0.3) is 0 Å². The second kappa shape index (κ2) is 5.35. The van der Waals surface area contributed by atoms with Crippen molar-refractivity contribution in [3.05, 3.63) is 23.9 Å². The number of carbonyl (C=O) groups is 1. The van der Waals surface area contributed by atoms with E-state index in [0.29, 0.717) is 19.1 Å². The number of carbonyl (C=O) groups excluding carboxylic acids is 1. The molecule has 2 atom stereocenters. The molecule has 0 aromatic carbocycles. The van der Waals surface area contributed by atoms with Gasteiger partial charge in [-0.05, 0) is 37.5 Å². The largest absolute Gasteiger partial charge is 0.369 e. The molecule has 1 aliphatic heterocycles. The van der Waals surface area contributed by atoms with E-state index in [-0.39, 0.29) is 11.8 Å². The summed E-state index contributed by atoms with van der Waals surface area (Å²) in [5.74, 6) is 0.586. The van der Waals surface area contributed by atoms with Crippen LogP contribution in [0.4, 0.5) is 5.82 Å². The zero-order chi connectivity index (χ0) is 13.1. The maximum atomic E-state index is 11.3. The van der Waals surface area contributed by atoms with Crippen LogP contribution in [-0.2, 0) is 11.3 Å². The normalized spacial score (nSPS) is 24.0. The highest BCUT2D eigenvalue weighted by molar-refractivity contribution is 5.77. The van der Waals surface area contributed by atoms with Gasteiger partial charge in [-0.1, -0.05) is 0 Å². The number of primary amides is 1. The average molecular weight is 248 g/mol. The van der Waals surface area contributed by atoms with Crippen LogP contribution in [0, 0.1) is 5.92 Å². The summed E-state index contributed by atoms with van der Waals surface area (Å²) in [6.45, 7) is 3.29. The van der Waals surface area contributed by atoms with Crippen molar-refractivity contribution in [1.29, 1.82) is 0 Å². The molecule has 0 aliphatic carbocycles. The predicted octanol–water partition coefficient (Wildman–Crippen LogP) is 0.630. The van der Waals surface area contributed by atoms with Crippen LogP contribution in [0.25, 0.3) is 0 Å². The molecule has 2 heterocycles. The predicted molar refractivity (Wildman–Crippen MR) is 70.9 cm³/mol. The zero-order valence-electron chi connectivity index (χ0n) is 10.7. The van der Waals surface area contributed by atoms with E-state index in [1.807, 2.05) is 12.1 Å². The summed E-state index contributed by atoms with van der Waals surface area (Å²) in [4.78, 5) is 17.8. The number of nitrogens with two attached hydrogens (primary N) is 2. The number of piperidine rings is 1. The lowest BCUT2D eigenvalue weighted by Crippen LogP contribution is -2.46.